The Hall–Kier alpha value is 0.400. The summed E-state index contributed by atoms with van der Waals surface area (Å²) >= 11 is 3.65. The smallest absolute Gasteiger partial charge is 0.0622 e. The lowest BCUT2D eigenvalue weighted by atomic mass is 10.1. The van der Waals surface area contributed by atoms with E-state index >= 15 is 0 Å². The standard InChI is InChI=1S/C11H20BrNO/c12-8-10-4-2-1-3-6-13(10)11-5-7-14-9-11/h10-11H,1-9H2. The van der Waals surface area contributed by atoms with Crippen molar-refractivity contribution in [3.8, 4) is 0 Å². The van der Waals surface area contributed by atoms with E-state index in [1.54, 1.807) is 0 Å². The van der Waals surface area contributed by atoms with Gasteiger partial charge >= 0.3 is 0 Å². The summed E-state index contributed by atoms with van der Waals surface area (Å²) in [6.07, 6.45) is 6.79. The highest BCUT2D eigenvalue weighted by Crippen LogP contribution is 2.24. The predicted molar refractivity (Wildman–Crippen MR) is 62.0 cm³/mol. The minimum absolute atomic E-state index is 0.704. The maximum Gasteiger partial charge on any atom is 0.0622 e. The minimum atomic E-state index is 0.704. The van der Waals surface area contributed by atoms with Gasteiger partial charge in [0.25, 0.3) is 0 Å². The van der Waals surface area contributed by atoms with E-state index < -0.39 is 0 Å². The highest BCUT2D eigenvalue weighted by molar-refractivity contribution is 9.09. The Labute approximate surface area is 95.1 Å². The average Bonchev–Trinajstić information content (AvgIpc) is 2.63. The van der Waals surface area contributed by atoms with Gasteiger partial charge in [-0.3, -0.25) is 4.90 Å². The van der Waals surface area contributed by atoms with Crippen molar-refractivity contribution in [1.29, 1.82) is 0 Å². The fraction of sp³-hybridized carbons (Fsp3) is 1.00. The second-order valence-corrected chi connectivity index (χ2v) is 5.06. The van der Waals surface area contributed by atoms with Crippen LogP contribution in [0.5, 0.6) is 0 Å². The molecule has 0 aliphatic carbocycles. The minimum Gasteiger partial charge on any atom is -0.380 e. The molecule has 14 heavy (non-hydrogen) atoms. The molecule has 82 valence electrons. The number of hydrogen-bond acceptors (Lipinski definition) is 2. The van der Waals surface area contributed by atoms with Crippen molar-refractivity contribution in [2.45, 2.75) is 44.2 Å². The topological polar surface area (TPSA) is 12.5 Å². The van der Waals surface area contributed by atoms with Crippen LogP contribution in [0.1, 0.15) is 32.1 Å². The fourth-order valence-electron chi connectivity index (χ4n) is 2.63. The number of alkyl halides is 1. The molecule has 0 spiro atoms. The van der Waals surface area contributed by atoms with Crippen molar-refractivity contribution in [2.24, 2.45) is 0 Å². The molecule has 0 aromatic carbocycles. The van der Waals surface area contributed by atoms with Gasteiger partial charge < -0.3 is 4.74 Å². The Balaban J connectivity index is 1.96. The van der Waals surface area contributed by atoms with E-state index in [1.165, 1.54) is 38.6 Å². The van der Waals surface area contributed by atoms with Gasteiger partial charge in [-0.2, -0.15) is 0 Å². The number of rotatable bonds is 2. The van der Waals surface area contributed by atoms with Gasteiger partial charge in [-0.1, -0.05) is 28.8 Å². The third-order valence-corrected chi connectivity index (χ3v) is 4.22. The van der Waals surface area contributed by atoms with Gasteiger partial charge in [-0.15, -0.1) is 0 Å². The van der Waals surface area contributed by atoms with E-state index in [1.807, 2.05) is 0 Å². The van der Waals surface area contributed by atoms with Crippen molar-refractivity contribution in [1.82, 2.24) is 4.90 Å². The van der Waals surface area contributed by atoms with Gasteiger partial charge in [0.05, 0.1) is 6.61 Å². The Bertz CT molecular complexity index is 171. The lowest BCUT2D eigenvalue weighted by molar-refractivity contribution is 0.119. The van der Waals surface area contributed by atoms with E-state index in [4.69, 9.17) is 4.74 Å². The second kappa shape index (κ2) is 5.47. The molecular weight excluding hydrogens is 242 g/mol. The van der Waals surface area contributed by atoms with Crippen molar-refractivity contribution < 1.29 is 4.74 Å². The maximum atomic E-state index is 5.49. The molecule has 3 heteroatoms. The zero-order valence-corrected chi connectivity index (χ0v) is 10.3. The van der Waals surface area contributed by atoms with Crippen LogP contribution in [0.3, 0.4) is 0 Å². The molecule has 0 aromatic rings. The largest absolute Gasteiger partial charge is 0.380 e. The quantitative estimate of drug-likeness (QED) is 0.709. The van der Waals surface area contributed by atoms with Crippen molar-refractivity contribution in [3.05, 3.63) is 0 Å². The normalized spacial score (nSPS) is 35.8. The Morgan fingerprint density at radius 1 is 1.21 bits per heavy atom. The molecule has 2 saturated heterocycles. The first-order valence-corrected chi connectivity index (χ1v) is 6.93. The molecule has 2 fully saturated rings. The molecule has 2 atom stereocenters. The van der Waals surface area contributed by atoms with Crippen molar-refractivity contribution >= 4 is 15.9 Å². The van der Waals surface area contributed by atoms with Gasteiger partial charge in [-0.05, 0) is 25.8 Å². The van der Waals surface area contributed by atoms with Crippen LogP contribution in [0, 0.1) is 0 Å². The summed E-state index contributed by atoms with van der Waals surface area (Å²) in [6, 6.07) is 1.46. The van der Waals surface area contributed by atoms with Crippen LogP contribution in [0.15, 0.2) is 0 Å². The number of likely N-dealkylation sites (tertiary alicyclic amines) is 1. The number of halogens is 1. The van der Waals surface area contributed by atoms with E-state index in [0.29, 0.717) is 6.04 Å². The summed E-state index contributed by atoms with van der Waals surface area (Å²) in [6.45, 7) is 3.21. The fourth-order valence-corrected chi connectivity index (χ4v) is 3.33. The van der Waals surface area contributed by atoms with Crippen molar-refractivity contribution in [3.63, 3.8) is 0 Å². The monoisotopic (exact) mass is 261 g/mol. The zero-order chi connectivity index (χ0) is 9.80. The summed E-state index contributed by atoms with van der Waals surface area (Å²) in [5.41, 5.74) is 0. The molecule has 0 N–H and O–H groups in total. The first-order valence-electron chi connectivity index (χ1n) is 5.81. The summed E-state index contributed by atoms with van der Waals surface area (Å²) in [5, 5.41) is 1.13. The van der Waals surface area contributed by atoms with E-state index in [2.05, 4.69) is 20.8 Å². The van der Waals surface area contributed by atoms with Gasteiger partial charge in [0.2, 0.25) is 0 Å². The van der Waals surface area contributed by atoms with Crippen LogP contribution in [0.25, 0.3) is 0 Å². The molecule has 2 aliphatic rings. The summed E-state index contributed by atoms with van der Waals surface area (Å²) in [7, 11) is 0. The number of nitrogens with zero attached hydrogens (tertiary/aromatic N) is 1. The first-order chi connectivity index (χ1) is 6.92. The first kappa shape index (κ1) is 10.9. The molecule has 0 radical (unpaired) electrons. The average molecular weight is 262 g/mol. The lowest BCUT2D eigenvalue weighted by Gasteiger charge is -2.33. The van der Waals surface area contributed by atoms with Crippen LogP contribution in [-0.2, 0) is 4.74 Å². The van der Waals surface area contributed by atoms with Gasteiger partial charge in [0.1, 0.15) is 0 Å². The molecule has 2 unspecified atom stereocenters. The molecule has 2 aliphatic heterocycles. The zero-order valence-electron chi connectivity index (χ0n) is 8.75. The second-order valence-electron chi connectivity index (χ2n) is 4.41. The number of ether oxygens (including phenoxy) is 1. The summed E-state index contributed by atoms with van der Waals surface area (Å²) in [5.74, 6) is 0. The van der Waals surface area contributed by atoms with Crippen LogP contribution in [0.4, 0.5) is 0 Å². The molecular formula is C11H20BrNO. The molecule has 2 rings (SSSR count). The molecule has 0 bridgehead atoms. The highest BCUT2D eigenvalue weighted by Gasteiger charge is 2.29. The van der Waals surface area contributed by atoms with Crippen LogP contribution < -0.4 is 0 Å². The van der Waals surface area contributed by atoms with Crippen LogP contribution in [-0.4, -0.2) is 42.1 Å². The molecule has 0 amide bonds. The van der Waals surface area contributed by atoms with Crippen LogP contribution in [0.2, 0.25) is 0 Å². The van der Waals surface area contributed by atoms with Crippen molar-refractivity contribution in [2.75, 3.05) is 25.1 Å². The third-order valence-electron chi connectivity index (χ3n) is 3.48. The maximum absolute atomic E-state index is 5.49. The SMILES string of the molecule is BrCC1CCCCCN1C1CCOC1. The third kappa shape index (κ3) is 2.50. The predicted octanol–water partition coefficient (Wildman–Crippen LogP) is 2.41. The van der Waals surface area contributed by atoms with Crippen LogP contribution >= 0.6 is 15.9 Å². The van der Waals surface area contributed by atoms with Gasteiger partial charge in [0, 0.05) is 24.0 Å². The van der Waals surface area contributed by atoms with E-state index in [-0.39, 0.29) is 0 Å². The molecule has 2 heterocycles. The van der Waals surface area contributed by atoms with E-state index in [0.717, 1.165) is 24.6 Å². The Kier molecular flexibility index (Phi) is 4.26. The Morgan fingerprint density at radius 3 is 2.86 bits per heavy atom. The van der Waals surface area contributed by atoms with Gasteiger partial charge in [0.15, 0.2) is 0 Å². The van der Waals surface area contributed by atoms with E-state index in [9.17, 15) is 0 Å². The molecule has 2 nitrogen and oxygen atoms in total. The molecule has 0 aromatic heterocycles. The highest BCUT2D eigenvalue weighted by atomic mass is 79.9. The van der Waals surface area contributed by atoms with Gasteiger partial charge in [-0.25, -0.2) is 0 Å². The Morgan fingerprint density at radius 2 is 2.14 bits per heavy atom. The summed E-state index contributed by atoms with van der Waals surface area (Å²) in [4.78, 5) is 2.69. The number of hydrogen-bond donors (Lipinski definition) is 0. The lowest BCUT2D eigenvalue weighted by Crippen LogP contribution is -2.44. The summed E-state index contributed by atoms with van der Waals surface area (Å²) < 4.78 is 5.49. The molecule has 0 saturated carbocycles.